The third-order valence-electron chi connectivity index (χ3n) is 1.72. The Morgan fingerprint density at radius 1 is 1.60 bits per heavy atom. The zero-order valence-electron chi connectivity index (χ0n) is 8.86. The molecule has 0 spiro atoms. The predicted octanol–water partition coefficient (Wildman–Crippen LogP) is 0.779. The summed E-state index contributed by atoms with van der Waals surface area (Å²) in [5, 5.41) is 7.23. The van der Waals surface area contributed by atoms with Gasteiger partial charge in [-0.1, -0.05) is 6.07 Å². The van der Waals surface area contributed by atoms with Crippen LogP contribution in [0.4, 0.5) is 0 Å². The van der Waals surface area contributed by atoms with Crippen LogP contribution in [0.2, 0.25) is 0 Å². The molecule has 0 aromatic carbocycles. The number of nitrogen functional groups attached to an aromatic ring is 1. The molecule has 0 saturated heterocycles. The molecule has 82 valence electrons. The molecule has 0 bridgehead atoms. The number of methoxy groups -OCH3 is 1. The van der Waals surface area contributed by atoms with Gasteiger partial charge in [0.1, 0.15) is 17.6 Å². The Bertz CT molecular complexity index is 341. The Labute approximate surface area is 88.7 Å². The fourth-order valence-corrected chi connectivity index (χ4v) is 1.11. The summed E-state index contributed by atoms with van der Waals surface area (Å²) >= 11 is 0. The van der Waals surface area contributed by atoms with E-state index in [1.807, 2.05) is 6.92 Å². The van der Waals surface area contributed by atoms with E-state index in [1.165, 1.54) is 0 Å². The monoisotopic (exact) mass is 209 g/mol. The number of rotatable bonds is 5. The van der Waals surface area contributed by atoms with Gasteiger partial charge in [-0.25, -0.2) is 4.98 Å². The van der Waals surface area contributed by atoms with E-state index in [4.69, 9.17) is 20.6 Å². The highest BCUT2D eigenvalue weighted by Gasteiger charge is 2.05. The summed E-state index contributed by atoms with van der Waals surface area (Å²) in [6.07, 6.45) is -0.0790. The number of hydrogen-bond acceptors (Lipinski definition) is 4. The van der Waals surface area contributed by atoms with Crippen LogP contribution in [0.25, 0.3) is 0 Å². The minimum atomic E-state index is -0.0790. The zero-order valence-corrected chi connectivity index (χ0v) is 8.86. The summed E-state index contributed by atoms with van der Waals surface area (Å²) in [7, 11) is 1.61. The first-order valence-corrected chi connectivity index (χ1v) is 4.60. The number of aromatic nitrogens is 1. The van der Waals surface area contributed by atoms with Crippen LogP contribution in [0.1, 0.15) is 12.6 Å². The minimum Gasteiger partial charge on any atom is -0.472 e. The second-order valence-corrected chi connectivity index (χ2v) is 3.16. The molecule has 1 unspecified atom stereocenters. The first-order valence-electron chi connectivity index (χ1n) is 4.60. The van der Waals surface area contributed by atoms with Crippen LogP contribution in [0.5, 0.6) is 5.88 Å². The first kappa shape index (κ1) is 11.5. The molecule has 1 atom stereocenters. The van der Waals surface area contributed by atoms with Gasteiger partial charge in [-0.2, -0.15) is 0 Å². The van der Waals surface area contributed by atoms with Gasteiger partial charge in [0.25, 0.3) is 0 Å². The molecule has 1 heterocycles. The zero-order chi connectivity index (χ0) is 11.3. The summed E-state index contributed by atoms with van der Waals surface area (Å²) in [5.41, 5.74) is 5.73. The number of ether oxygens (including phenoxy) is 2. The van der Waals surface area contributed by atoms with E-state index in [0.717, 1.165) is 0 Å². The van der Waals surface area contributed by atoms with Crippen LogP contribution in [0.15, 0.2) is 18.2 Å². The quantitative estimate of drug-likeness (QED) is 0.554. The molecule has 0 fully saturated rings. The van der Waals surface area contributed by atoms with E-state index in [-0.39, 0.29) is 11.9 Å². The van der Waals surface area contributed by atoms with E-state index in [2.05, 4.69) is 4.98 Å². The van der Waals surface area contributed by atoms with Gasteiger partial charge in [-0.05, 0) is 13.0 Å². The van der Waals surface area contributed by atoms with Gasteiger partial charge in [-0.15, -0.1) is 0 Å². The van der Waals surface area contributed by atoms with Crippen molar-refractivity contribution in [2.24, 2.45) is 5.73 Å². The average molecular weight is 209 g/mol. The summed E-state index contributed by atoms with van der Waals surface area (Å²) in [6.45, 7) is 2.37. The van der Waals surface area contributed by atoms with Gasteiger partial charge >= 0.3 is 0 Å². The fraction of sp³-hybridized carbons (Fsp3) is 0.400. The Morgan fingerprint density at radius 3 is 2.93 bits per heavy atom. The van der Waals surface area contributed by atoms with Gasteiger partial charge in [0.2, 0.25) is 5.88 Å². The highest BCUT2D eigenvalue weighted by atomic mass is 16.5. The second kappa shape index (κ2) is 5.31. The van der Waals surface area contributed by atoms with Crippen molar-refractivity contribution in [1.82, 2.24) is 4.98 Å². The van der Waals surface area contributed by atoms with Crippen LogP contribution in [-0.4, -0.2) is 30.6 Å². The fourth-order valence-electron chi connectivity index (χ4n) is 1.11. The van der Waals surface area contributed by atoms with Crippen molar-refractivity contribution >= 4 is 5.84 Å². The number of pyridine rings is 1. The van der Waals surface area contributed by atoms with E-state index in [9.17, 15) is 0 Å². The maximum atomic E-state index is 7.23. The molecule has 3 N–H and O–H groups in total. The average Bonchev–Trinajstić information content (AvgIpc) is 2.18. The molecule has 5 nitrogen and oxygen atoms in total. The van der Waals surface area contributed by atoms with E-state index >= 15 is 0 Å². The summed E-state index contributed by atoms with van der Waals surface area (Å²) in [6, 6.07) is 5.13. The number of nitrogens with two attached hydrogens (primary N) is 1. The highest BCUT2D eigenvalue weighted by Crippen LogP contribution is 2.09. The van der Waals surface area contributed by atoms with Gasteiger partial charge in [0.15, 0.2) is 0 Å². The standard InChI is InChI=1S/C10H15N3O2/c1-7(6-14-2)15-9-5-3-4-8(13-9)10(11)12/h3-5,7H,6H2,1-2H3,(H3,11,12). The Kier molecular flexibility index (Phi) is 4.05. The molecule has 1 rings (SSSR count). The van der Waals surface area contributed by atoms with Crippen LogP contribution in [-0.2, 0) is 4.74 Å². The molecule has 0 aliphatic carbocycles. The number of nitrogens with zero attached hydrogens (tertiary/aromatic N) is 1. The van der Waals surface area contributed by atoms with Gasteiger partial charge in [0.05, 0.1) is 6.61 Å². The largest absolute Gasteiger partial charge is 0.472 e. The maximum absolute atomic E-state index is 7.23. The Balaban J connectivity index is 2.69. The Hall–Kier alpha value is -1.62. The second-order valence-electron chi connectivity index (χ2n) is 3.16. The van der Waals surface area contributed by atoms with Gasteiger partial charge in [-0.3, -0.25) is 5.41 Å². The lowest BCUT2D eigenvalue weighted by atomic mass is 10.3. The predicted molar refractivity (Wildman–Crippen MR) is 57.2 cm³/mol. The molecule has 15 heavy (non-hydrogen) atoms. The summed E-state index contributed by atoms with van der Waals surface area (Å²) < 4.78 is 10.4. The molecule has 0 aliphatic rings. The molecule has 1 aromatic heterocycles. The van der Waals surface area contributed by atoms with Gasteiger partial charge in [0, 0.05) is 13.2 Å². The number of nitrogens with one attached hydrogen (secondary N) is 1. The highest BCUT2D eigenvalue weighted by molar-refractivity contribution is 5.93. The topological polar surface area (TPSA) is 81.2 Å². The molecular weight excluding hydrogens is 194 g/mol. The van der Waals surface area contributed by atoms with E-state index < -0.39 is 0 Å². The lowest BCUT2D eigenvalue weighted by Gasteiger charge is -2.12. The van der Waals surface area contributed by atoms with Crippen LogP contribution < -0.4 is 10.5 Å². The lowest BCUT2D eigenvalue weighted by Crippen LogP contribution is -2.20. The normalized spacial score (nSPS) is 12.1. The van der Waals surface area contributed by atoms with Gasteiger partial charge < -0.3 is 15.2 Å². The third-order valence-corrected chi connectivity index (χ3v) is 1.72. The molecule has 5 heteroatoms. The summed E-state index contributed by atoms with van der Waals surface area (Å²) in [4.78, 5) is 4.07. The maximum Gasteiger partial charge on any atom is 0.214 e. The van der Waals surface area contributed by atoms with Crippen LogP contribution in [0.3, 0.4) is 0 Å². The molecule has 1 aromatic rings. The lowest BCUT2D eigenvalue weighted by molar-refractivity contribution is 0.0889. The third kappa shape index (κ3) is 3.55. The number of hydrogen-bond donors (Lipinski definition) is 2. The SMILES string of the molecule is COCC(C)Oc1cccc(C(=N)N)n1. The van der Waals surface area contributed by atoms with Crippen LogP contribution >= 0.6 is 0 Å². The molecular formula is C10H15N3O2. The van der Waals surface area contributed by atoms with E-state index in [1.54, 1.807) is 25.3 Å². The minimum absolute atomic E-state index is 0.0696. The van der Waals surface area contributed by atoms with Crippen molar-refractivity contribution in [3.63, 3.8) is 0 Å². The van der Waals surface area contributed by atoms with Crippen molar-refractivity contribution in [1.29, 1.82) is 5.41 Å². The molecule has 0 amide bonds. The van der Waals surface area contributed by atoms with Crippen molar-refractivity contribution in [2.75, 3.05) is 13.7 Å². The van der Waals surface area contributed by atoms with Crippen LogP contribution in [0, 0.1) is 5.41 Å². The first-order chi connectivity index (χ1) is 7.13. The van der Waals surface area contributed by atoms with Crippen molar-refractivity contribution in [3.8, 4) is 5.88 Å². The molecule has 0 saturated carbocycles. The Morgan fingerprint density at radius 2 is 2.33 bits per heavy atom. The summed E-state index contributed by atoms with van der Waals surface area (Å²) in [5.74, 6) is 0.382. The molecule has 0 aliphatic heterocycles. The smallest absolute Gasteiger partial charge is 0.214 e. The van der Waals surface area contributed by atoms with Crippen molar-refractivity contribution < 1.29 is 9.47 Å². The molecule has 0 radical (unpaired) electrons. The van der Waals surface area contributed by atoms with Crippen molar-refractivity contribution in [2.45, 2.75) is 13.0 Å². The number of amidine groups is 1. The van der Waals surface area contributed by atoms with Crippen molar-refractivity contribution in [3.05, 3.63) is 23.9 Å². The van der Waals surface area contributed by atoms with E-state index in [0.29, 0.717) is 18.2 Å².